The van der Waals surface area contributed by atoms with E-state index in [1.54, 1.807) is 66.6 Å². The van der Waals surface area contributed by atoms with Crippen LogP contribution in [0.3, 0.4) is 0 Å². The van der Waals surface area contributed by atoms with Crippen LogP contribution in [0.5, 0.6) is 5.75 Å². The van der Waals surface area contributed by atoms with Gasteiger partial charge in [0.25, 0.3) is 0 Å². The van der Waals surface area contributed by atoms with E-state index in [4.69, 9.17) is 9.15 Å². The van der Waals surface area contributed by atoms with Crippen LogP contribution in [0.2, 0.25) is 0 Å². The van der Waals surface area contributed by atoms with Crippen molar-refractivity contribution in [1.29, 1.82) is 0 Å². The molecular formula is C28H25N5O4. The molecule has 5 rings (SSSR count). The van der Waals surface area contributed by atoms with E-state index in [9.17, 15) is 9.59 Å². The van der Waals surface area contributed by atoms with Crippen LogP contribution in [0.25, 0.3) is 11.0 Å². The number of amides is 2. The highest BCUT2D eigenvalue weighted by Crippen LogP contribution is 2.30. The first-order chi connectivity index (χ1) is 18.1. The summed E-state index contributed by atoms with van der Waals surface area (Å²) in [6, 6.07) is 26.2. The topological polar surface area (TPSA) is 102 Å². The summed E-state index contributed by atoms with van der Waals surface area (Å²) in [5, 5.41) is 11.2. The van der Waals surface area contributed by atoms with Crippen LogP contribution in [-0.2, 0) is 22.7 Å². The fourth-order valence-corrected chi connectivity index (χ4v) is 4.15. The van der Waals surface area contributed by atoms with Crippen molar-refractivity contribution < 1.29 is 18.7 Å². The number of fused-ring (bicyclic) bond motifs is 1. The molecule has 0 aliphatic heterocycles. The van der Waals surface area contributed by atoms with Gasteiger partial charge >= 0.3 is 0 Å². The molecule has 0 bridgehead atoms. The monoisotopic (exact) mass is 495 g/mol. The lowest BCUT2D eigenvalue weighted by Crippen LogP contribution is -2.45. The molecule has 9 heteroatoms. The summed E-state index contributed by atoms with van der Waals surface area (Å²) in [5.74, 6) is 0.566. The minimum absolute atomic E-state index is 0.104. The molecule has 0 saturated heterocycles. The fraction of sp³-hybridized carbons (Fsp3) is 0.143. The van der Waals surface area contributed by atoms with Crippen molar-refractivity contribution in [3.63, 3.8) is 0 Å². The number of furan rings is 1. The second kappa shape index (κ2) is 10.8. The van der Waals surface area contributed by atoms with Gasteiger partial charge in [-0.15, -0.1) is 5.10 Å². The quantitative estimate of drug-likeness (QED) is 0.330. The van der Waals surface area contributed by atoms with E-state index in [0.29, 0.717) is 28.3 Å². The van der Waals surface area contributed by atoms with Crippen LogP contribution in [-0.4, -0.2) is 33.9 Å². The summed E-state index contributed by atoms with van der Waals surface area (Å²) in [4.78, 5) is 29.2. The van der Waals surface area contributed by atoms with Gasteiger partial charge in [-0.25, -0.2) is 4.68 Å². The Morgan fingerprint density at radius 1 is 0.973 bits per heavy atom. The third-order valence-corrected chi connectivity index (χ3v) is 5.96. The smallest absolute Gasteiger partial charge is 0.249 e. The number of carbonyl (C=O) groups is 2. The number of benzene rings is 3. The second-order valence-corrected chi connectivity index (χ2v) is 8.31. The first kappa shape index (κ1) is 23.8. The predicted octanol–water partition coefficient (Wildman–Crippen LogP) is 4.12. The van der Waals surface area contributed by atoms with Gasteiger partial charge in [0.2, 0.25) is 11.8 Å². The van der Waals surface area contributed by atoms with Crippen LogP contribution in [0.1, 0.15) is 17.4 Å². The molecule has 0 radical (unpaired) electrons. The molecule has 0 saturated carbocycles. The Morgan fingerprint density at radius 3 is 2.46 bits per heavy atom. The zero-order valence-corrected chi connectivity index (χ0v) is 20.2. The van der Waals surface area contributed by atoms with Gasteiger partial charge in [0.05, 0.1) is 25.4 Å². The number of aromatic nitrogens is 3. The number of nitrogens with zero attached hydrogens (tertiary/aromatic N) is 4. The van der Waals surface area contributed by atoms with E-state index < -0.39 is 6.04 Å². The van der Waals surface area contributed by atoms with E-state index in [2.05, 4.69) is 15.6 Å². The minimum atomic E-state index is -0.967. The molecule has 186 valence electrons. The summed E-state index contributed by atoms with van der Waals surface area (Å²) in [5.41, 5.74) is 2.61. The highest BCUT2D eigenvalue weighted by molar-refractivity contribution is 6.01. The van der Waals surface area contributed by atoms with Gasteiger partial charge < -0.3 is 14.5 Å². The van der Waals surface area contributed by atoms with Crippen molar-refractivity contribution in [2.75, 3.05) is 12.0 Å². The van der Waals surface area contributed by atoms with Crippen LogP contribution in [0.15, 0.2) is 102 Å². The fourth-order valence-electron chi connectivity index (χ4n) is 4.15. The van der Waals surface area contributed by atoms with E-state index in [-0.39, 0.29) is 24.9 Å². The molecule has 2 amide bonds. The zero-order valence-electron chi connectivity index (χ0n) is 20.2. The van der Waals surface area contributed by atoms with Gasteiger partial charge in [0, 0.05) is 5.69 Å². The van der Waals surface area contributed by atoms with E-state index in [0.717, 1.165) is 5.52 Å². The van der Waals surface area contributed by atoms with Crippen molar-refractivity contribution in [3.8, 4) is 5.75 Å². The number of anilines is 1. The van der Waals surface area contributed by atoms with Crippen molar-refractivity contribution in [2.24, 2.45) is 0 Å². The van der Waals surface area contributed by atoms with Gasteiger partial charge in [-0.2, -0.15) is 0 Å². The number of nitrogens with one attached hydrogen (secondary N) is 1. The number of carbonyl (C=O) groups excluding carboxylic acids is 2. The molecule has 0 spiro atoms. The largest absolute Gasteiger partial charge is 0.497 e. The summed E-state index contributed by atoms with van der Waals surface area (Å²) in [6.45, 7) is 0.0799. The van der Waals surface area contributed by atoms with Gasteiger partial charge in [-0.1, -0.05) is 47.7 Å². The van der Waals surface area contributed by atoms with Crippen LogP contribution in [0, 0.1) is 0 Å². The van der Waals surface area contributed by atoms with Gasteiger partial charge in [-0.05, 0) is 54.1 Å². The minimum Gasteiger partial charge on any atom is -0.497 e. The molecule has 1 atom stereocenters. The number of hydrogen-bond acceptors (Lipinski definition) is 6. The number of para-hydroxylation sites is 2. The Balaban J connectivity index is 1.54. The molecule has 2 heterocycles. The number of hydrogen-bond donors (Lipinski definition) is 1. The number of methoxy groups -OCH3 is 1. The lowest BCUT2D eigenvalue weighted by Gasteiger charge is -2.31. The maximum Gasteiger partial charge on any atom is 0.249 e. The Bertz CT molecular complexity index is 1480. The third-order valence-electron chi connectivity index (χ3n) is 5.96. The maximum absolute atomic E-state index is 13.9. The number of rotatable bonds is 9. The average Bonchev–Trinajstić information content (AvgIpc) is 3.61. The molecule has 0 fully saturated rings. The van der Waals surface area contributed by atoms with Gasteiger partial charge in [-0.3, -0.25) is 14.5 Å². The van der Waals surface area contributed by atoms with Crippen LogP contribution >= 0.6 is 0 Å². The second-order valence-electron chi connectivity index (χ2n) is 8.31. The summed E-state index contributed by atoms with van der Waals surface area (Å²) in [6.07, 6.45) is 1.55. The average molecular weight is 496 g/mol. The molecule has 0 aliphatic carbocycles. The molecule has 5 aromatic rings. The predicted molar refractivity (Wildman–Crippen MR) is 138 cm³/mol. The highest BCUT2D eigenvalue weighted by Gasteiger charge is 2.33. The van der Waals surface area contributed by atoms with Crippen molar-refractivity contribution in [1.82, 2.24) is 20.3 Å². The molecule has 0 unspecified atom stereocenters. The molecular weight excluding hydrogens is 470 g/mol. The Labute approximate surface area is 213 Å². The lowest BCUT2D eigenvalue weighted by molar-refractivity contribution is -0.127. The van der Waals surface area contributed by atoms with Crippen LogP contribution < -0.4 is 15.0 Å². The van der Waals surface area contributed by atoms with E-state index >= 15 is 0 Å². The molecule has 1 N–H and O–H groups in total. The first-order valence-corrected chi connectivity index (χ1v) is 11.7. The third kappa shape index (κ3) is 5.20. The molecule has 0 aliphatic rings. The number of ether oxygens (including phenoxy) is 1. The summed E-state index contributed by atoms with van der Waals surface area (Å²) in [7, 11) is 1.57. The summed E-state index contributed by atoms with van der Waals surface area (Å²) < 4.78 is 12.2. The Kier molecular flexibility index (Phi) is 6.93. The van der Waals surface area contributed by atoms with E-state index in [1.165, 1.54) is 4.90 Å². The van der Waals surface area contributed by atoms with E-state index in [1.807, 2.05) is 42.5 Å². The van der Waals surface area contributed by atoms with Crippen molar-refractivity contribution in [2.45, 2.75) is 19.1 Å². The summed E-state index contributed by atoms with van der Waals surface area (Å²) >= 11 is 0. The van der Waals surface area contributed by atoms with Crippen molar-refractivity contribution in [3.05, 3.63) is 109 Å². The molecule has 9 nitrogen and oxygen atoms in total. The zero-order chi connectivity index (χ0) is 25.6. The first-order valence-electron chi connectivity index (χ1n) is 11.7. The van der Waals surface area contributed by atoms with Crippen molar-refractivity contribution >= 4 is 28.5 Å². The highest BCUT2D eigenvalue weighted by atomic mass is 16.5. The SMILES string of the molecule is COc1ccc([C@H](C(=O)NCc2ccco2)N(C(=O)Cn2nnc3ccccc32)c2ccccc2)cc1. The maximum atomic E-state index is 13.9. The van der Waals surface area contributed by atoms with Gasteiger partial charge in [0.15, 0.2) is 0 Å². The Morgan fingerprint density at radius 2 is 1.73 bits per heavy atom. The van der Waals surface area contributed by atoms with Gasteiger partial charge in [0.1, 0.15) is 29.6 Å². The molecule has 37 heavy (non-hydrogen) atoms. The Hall–Kier alpha value is -4.92. The standard InChI is InChI=1S/C28H25N5O4/c1-36-22-15-13-20(14-16-22)27(28(35)29-18-23-10-7-17-37-23)33(21-8-3-2-4-9-21)26(34)19-32-25-12-6-5-11-24(25)30-31-32/h2-17,27H,18-19H2,1H3,(H,29,35)/t27-/m1/s1. The molecule has 2 aromatic heterocycles. The van der Waals surface area contributed by atoms with Crippen LogP contribution in [0.4, 0.5) is 5.69 Å². The molecule has 3 aromatic carbocycles. The normalized spacial score (nSPS) is 11.7. The lowest BCUT2D eigenvalue weighted by atomic mass is 10.0.